The van der Waals surface area contributed by atoms with Gasteiger partial charge in [-0.05, 0) is 25.8 Å². The summed E-state index contributed by atoms with van der Waals surface area (Å²) in [5.74, 6) is 0. The molecule has 2 atom stereocenters. The standard InChI is InChI=1S/C10H16F3NO/c1-8(6-10(11,12)13)14-7-9-4-2-3-5-15-9/h3,5,8-9,14H,2,4,6-7H2,1H3. The average molecular weight is 223 g/mol. The molecule has 88 valence electrons. The van der Waals surface area contributed by atoms with E-state index < -0.39 is 18.6 Å². The molecule has 0 bridgehead atoms. The topological polar surface area (TPSA) is 21.3 Å². The smallest absolute Gasteiger partial charge is 0.390 e. The van der Waals surface area contributed by atoms with Gasteiger partial charge in [-0.2, -0.15) is 13.2 Å². The van der Waals surface area contributed by atoms with Crippen molar-refractivity contribution in [1.82, 2.24) is 5.32 Å². The highest BCUT2D eigenvalue weighted by atomic mass is 19.4. The molecule has 1 aliphatic heterocycles. The molecule has 0 saturated carbocycles. The molecular formula is C10H16F3NO. The highest BCUT2D eigenvalue weighted by molar-refractivity contribution is 4.83. The van der Waals surface area contributed by atoms with E-state index >= 15 is 0 Å². The number of ether oxygens (including phenoxy) is 1. The van der Waals surface area contributed by atoms with Crippen molar-refractivity contribution in [3.8, 4) is 0 Å². The molecule has 1 heterocycles. The van der Waals surface area contributed by atoms with Crippen LogP contribution < -0.4 is 5.32 Å². The van der Waals surface area contributed by atoms with Gasteiger partial charge in [-0.25, -0.2) is 0 Å². The molecule has 0 aromatic heterocycles. The van der Waals surface area contributed by atoms with Crippen LogP contribution in [0, 0.1) is 0 Å². The van der Waals surface area contributed by atoms with Crippen molar-refractivity contribution in [3.05, 3.63) is 12.3 Å². The minimum absolute atomic E-state index is 0.00526. The van der Waals surface area contributed by atoms with Gasteiger partial charge in [0.2, 0.25) is 0 Å². The lowest BCUT2D eigenvalue weighted by atomic mass is 10.1. The Labute approximate surface area is 87.5 Å². The lowest BCUT2D eigenvalue weighted by Crippen LogP contribution is -2.37. The number of allylic oxidation sites excluding steroid dienone is 1. The molecule has 0 spiro atoms. The highest BCUT2D eigenvalue weighted by Gasteiger charge is 2.30. The van der Waals surface area contributed by atoms with E-state index in [9.17, 15) is 13.2 Å². The molecule has 0 fully saturated rings. The van der Waals surface area contributed by atoms with E-state index in [1.807, 2.05) is 6.08 Å². The summed E-state index contributed by atoms with van der Waals surface area (Å²) in [4.78, 5) is 0. The summed E-state index contributed by atoms with van der Waals surface area (Å²) in [7, 11) is 0. The summed E-state index contributed by atoms with van der Waals surface area (Å²) in [5.41, 5.74) is 0. The van der Waals surface area contributed by atoms with Gasteiger partial charge in [-0.15, -0.1) is 0 Å². The third kappa shape index (κ3) is 5.67. The van der Waals surface area contributed by atoms with Gasteiger partial charge in [-0.3, -0.25) is 0 Å². The fourth-order valence-corrected chi connectivity index (χ4v) is 1.49. The van der Waals surface area contributed by atoms with Gasteiger partial charge in [0.1, 0.15) is 6.10 Å². The van der Waals surface area contributed by atoms with Crippen LogP contribution in [0.2, 0.25) is 0 Å². The molecule has 0 aromatic rings. The van der Waals surface area contributed by atoms with Crippen molar-refractivity contribution < 1.29 is 17.9 Å². The van der Waals surface area contributed by atoms with Crippen LogP contribution in [0.4, 0.5) is 13.2 Å². The molecule has 1 N–H and O–H groups in total. The van der Waals surface area contributed by atoms with Crippen molar-refractivity contribution >= 4 is 0 Å². The molecular weight excluding hydrogens is 207 g/mol. The van der Waals surface area contributed by atoms with Gasteiger partial charge in [0.05, 0.1) is 12.7 Å². The van der Waals surface area contributed by atoms with Crippen LogP contribution in [0.3, 0.4) is 0 Å². The second-order valence-electron chi connectivity index (χ2n) is 3.84. The Hall–Kier alpha value is -0.710. The summed E-state index contributed by atoms with van der Waals surface area (Å²) in [6.45, 7) is 2.01. The molecule has 0 aromatic carbocycles. The second-order valence-corrected chi connectivity index (χ2v) is 3.84. The fourth-order valence-electron chi connectivity index (χ4n) is 1.49. The number of rotatable bonds is 4. The number of halogens is 3. The third-order valence-electron chi connectivity index (χ3n) is 2.25. The monoisotopic (exact) mass is 223 g/mol. The Morgan fingerprint density at radius 3 is 2.80 bits per heavy atom. The first kappa shape index (κ1) is 12.4. The zero-order chi connectivity index (χ0) is 11.3. The van der Waals surface area contributed by atoms with E-state index in [4.69, 9.17) is 4.74 Å². The van der Waals surface area contributed by atoms with Crippen LogP contribution in [0.5, 0.6) is 0 Å². The van der Waals surface area contributed by atoms with E-state index in [-0.39, 0.29) is 6.10 Å². The molecule has 15 heavy (non-hydrogen) atoms. The van der Waals surface area contributed by atoms with Gasteiger partial charge in [0.25, 0.3) is 0 Å². The number of alkyl halides is 3. The molecule has 0 amide bonds. The SMILES string of the molecule is CC(CC(F)(F)F)NCC1CCC=CO1. The maximum Gasteiger partial charge on any atom is 0.390 e. The van der Waals surface area contributed by atoms with E-state index in [1.54, 1.807) is 6.26 Å². The first-order valence-corrected chi connectivity index (χ1v) is 5.08. The summed E-state index contributed by atoms with van der Waals surface area (Å²) in [6.07, 6.45) is 0.433. The minimum Gasteiger partial charge on any atom is -0.497 e. The highest BCUT2D eigenvalue weighted by Crippen LogP contribution is 2.21. The van der Waals surface area contributed by atoms with Crippen molar-refractivity contribution in [3.63, 3.8) is 0 Å². The predicted octanol–water partition coefficient (Wildman–Crippen LogP) is 2.61. The van der Waals surface area contributed by atoms with Gasteiger partial charge < -0.3 is 10.1 Å². The summed E-state index contributed by atoms with van der Waals surface area (Å²) in [5, 5.41) is 2.83. The number of hydrogen-bond acceptors (Lipinski definition) is 2. The lowest BCUT2D eigenvalue weighted by Gasteiger charge is -2.22. The van der Waals surface area contributed by atoms with Gasteiger partial charge in [-0.1, -0.05) is 0 Å². The normalized spacial score (nSPS) is 23.6. The first-order valence-electron chi connectivity index (χ1n) is 5.08. The maximum absolute atomic E-state index is 12.0. The minimum atomic E-state index is -4.10. The van der Waals surface area contributed by atoms with Crippen molar-refractivity contribution in [2.45, 2.75) is 44.5 Å². The lowest BCUT2D eigenvalue weighted by molar-refractivity contribution is -0.139. The zero-order valence-electron chi connectivity index (χ0n) is 8.68. The molecule has 5 heteroatoms. The van der Waals surface area contributed by atoms with E-state index in [0.717, 1.165) is 12.8 Å². The average Bonchev–Trinajstić information content (AvgIpc) is 2.14. The maximum atomic E-state index is 12.0. The Morgan fingerprint density at radius 2 is 2.27 bits per heavy atom. The Kier molecular flexibility index (Phi) is 4.45. The first-order chi connectivity index (χ1) is 6.97. The van der Waals surface area contributed by atoms with Crippen LogP contribution in [-0.4, -0.2) is 24.9 Å². The number of nitrogens with one attached hydrogen (secondary N) is 1. The fraction of sp³-hybridized carbons (Fsp3) is 0.800. The van der Waals surface area contributed by atoms with Crippen LogP contribution in [-0.2, 0) is 4.74 Å². The van der Waals surface area contributed by atoms with Crippen LogP contribution >= 0.6 is 0 Å². The van der Waals surface area contributed by atoms with Gasteiger partial charge >= 0.3 is 6.18 Å². The molecule has 1 rings (SSSR count). The molecule has 0 saturated heterocycles. The molecule has 2 nitrogen and oxygen atoms in total. The quantitative estimate of drug-likeness (QED) is 0.791. The van der Waals surface area contributed by atoms with Crippen molar-refractivity contribution in [2.75, 3.05) is 6.54 Å². The Bertz CT molecular complexity index is 215. The van der Waals surface area contributed by atoms with Crippen molar-refractivity contribution in [1.29, 1.82) is 0 Å². The van der Waals surface area contributed by atoms with E-state index in [1.165, 1.54) is 6.92 Å². The van der Waals surface area contributed by atoms with Gasteiger partial charge in [0, 0.05) is 12.6 Å². The van der Waals surface area contributed by atoms with Crippen LogP contribution in [0.1, 0.15) is 26.2 Å². The molecule has 0 radical (unpaired) electrons. The Balaban J connectivity index is 2.16. The van der Waals surface area contributed by atoms with Gasteiger partial charge in [0.15, 0.2) is 0 Å². The largest absolute Gasteiger partial charge is 0.497 e. The van der Waals surface area contributed by atoms with Crippen LogP contribution in [0.15, 0.2) is 12.3 Å². The second kappa shape index (κ2) is 5.39. The molecule has 1 aliphatic rings. The molecule has 2 unspecified atom stereocenters. The number of hydrogen-bond donors (Lipinski definition) is 1. The zero-order valence-corrected chi connectivity index (χ0v) is 8.68. The third-order valence-corrected chi connectivity index (χ3v) is 2.25. The summed E-state index contributed by atoms with van der Waals surface area (Å²) < 4.78 is 41.2. The predicted molar refractivity (Wildman–Crippen MR) is 51.4 cm³/mol. The van der Waals surface area contributed by atoms with Crippen LogP contribution in [0.25, 0.3) is 0 Å². The molecule has 0 aliphatic carbocycles. The summed E-state index contributed by atoms with van der Waals surface area (Å²) >= 11 is 0. The van der Waals surface area contributed by atoms with E-state index in [2.05, 4.69) is 5.32 Å². The van der Waals surface area contributed by atoms with E-state index in [0.29, 0.717) is 6.54 Å². The van der Waals surface area contributed by atoms with Crippen molar-refractivity contribution in [2.24, 2.45) is 0 Å². The Morgan fingerprint density at radius 1 is 1.53 bits per heavy atom. The summed E-state index contributed by atoms with van der Waals surface area (Å²) in [6, 6.07) is -0.556.